The number of likely N-dealkylation sites (tertiary alicyclic amines) is 1. The van der Waals surface area contributed by atoms with Crippen molar-refractivity contribution in [2.24, 2.45) is 0 Å². The second-order valence-corrected chi connectivity index (χ2v) is 6.38. The number of carboxylic acid groups (broad SMARTS) is 1. The number of hydrogen-bond acceptors (Lipinski definition) is 6. The molecule has 1 unspecified atom stereocenters. The number of benzene rings is 1. The maximum atomic E-state index is 12.7. The number of carbonyl (C=O) groups excluding carboxylic acids is 2. The van der Waals surface area contributed by atoms with Crippen LogP contribution in [-0.2, 0) is 9.59 Å². The van der Waals surface area contributed by atoms with Gasteiger partial charge in [0.05, 0.1) is 4.92 Å². The minimum atomic E-state index is -1.10. The second-order valence-electron chi connectivity index (χ2n) is 6.38. The molecule has 0 radical (unpaired) electrons. The summed E-state index contributed by atoms with van der Waals surface area (Å²) in [6.45, 7) is 1.61. The molecule has 10 heteroatoms. The molecule has 1 aliphatic heterocycles. The molecule has 1 aromatic carbocycles. The van der Waals surface area contributed by atoms with Crippen LogP contribution >= 0.6 is 0 Å². The zero-order valence-electron chi connectivity index (χ0n) is 14.8. The molecule has 1 saturated heterocycles. The average molecular weight is 379 g/mol. The maximum absolute atomic E-state index is 12.7. The van der Waals surface area contributed by atoms with E-state index in [1.54, 1.807) is 0 Å². The fraction of sp³-hybridized carbons (Fsp3) is 0.471. The lowest BCUT2D eigenvalue weighted by Crippen LogP contribution is -2.43. The van der Waals surface area contributed by atoms with Gasteiger partial charge in [0.2, 0.25) is 5.91 Å². The van der Waals surface area contributed by atoms with Crippen molar-refractivity contribution in [1.82, 2.24) is 9.80 Å². The molecule has 27 heavy (non-hydrogen) atoms. The van der Waals surface area contributed by atoms with Crippen LogP contribution in [0.4, 0.5) is 5.69 Å². The Morgan fingerprint density at radius 2 is 2.00 bits per heavy atom. The Kier molecular flexibility index (Phi) is 6.32. The fourth-order valence-corrected chi connectivity index (χ4v) is 3.22. The predicted molar refractivity (Wildman–Crippen MR) is 93.3 cm³/mol. The number of carbonyl (C=O) groups is 3. The zero-order valence-corrected chi connectivity index (χ0v) is 14.8. The van der Waals surface area contributed by atoms with Crippen LogP contribution in [0, 0.1) is 10.1 Å². The van der Waals surface area contributed by atoms with Crippen LogP contribution in [-0.4, -0.2) is 68.4 Å². The molecule has 0 aliphatic carbocycles. The van der Waals surface area contributed by atoms with Crippen molar-refractivity contribution >= 4 is 23.5 Å². The molecule has 0 bridgehead atoms. The van der Waals surface area contributed by atoms with Crippen LogP contribution in [0.15, 0.2) is 18.2 Å². The van der Waals surface area contributed by atoms with E-state index in [0.717, 1.165) is 12.1 Å². The van der Waals surface area contributed by atoms with Crippen molar-refractivity contribution in [3.8, 4) is 5.75 Å². The second kappa shape index (κ2) is 8.47. The van der Waals surface area contributed by atoms with E-state index in [4.69, 9.17) is 5.11 Å². The Bertz CT molecular complexity index is 765. The molecule has 2 amide bonds. The summed E-state index contributed by atoms with van der Waals surface area (Å²) < 4.78 is 0. The number of amides is 2. The molecule has 2 rings (SSSR count). The summed E-state index contributed by atoms with van der Waals surface area (Å²) in [4.78, 5) is 48.4. The number of phenols is 1. The molecular formula is C17H21N3O7. The molecule has 0 spiro atoms. The molecule has 1 heterocycles. The fourth-order valence-electron chi connectivity index (χ4n) is 3.22. The summed E-state index contributed by atoms with van der Waals surface area (Å²) in [6, 6.07) is 3.17. The minimum Gasteiger partial charge on any atom is -0.502 e. The highest BCUT2D eigenvalue weighted by atomic mass is 16.6. The van der Waals surface area contributed by atoms with E-state index in [1.165, 1.54) is 22.8 Å². The van der Waals surface area contributed by atoms with E-state index in [-0.39, 0.29) is 17.5 Å². The third-order valence-electron chi connectivity index (χ3n) is 4.55. The monoisotopic (exact) mass is 379 g/mol. The van der Waals surface area contributed by atoms with Gasteiger partial charge in [0, 0.05) is 37.7 Å². The molecular weight excluding hydrogens is 358 g/mol. The van der Waals surface area contributed by atoms with Crippen molar-refractivity contribution in [3.05, 3.63) is 33.9 Å². The van der Waals surface area contributed by atoms with Gasteiger partial charge in [-0.3, -0.25) is 24.5 Å². The third-order valence-corrected chi connectivity index (χ3v) is 4.55. The Labute approximate surface area is 155 Å². The summed E-state index contributed by atoms with van der Waals surface area (Å²) >= 11 is 0. The highest BCUT2D eigenvalue weighted by molar-refractivity contribution is 5.95. The van der Waals surface area contributed by atoms with Gasteiger partial charge in [-0.25, -0.2) is 0 Å². The van der Waals surface area contributed by atoms with E-state index in [2.05, 4.69) is 0 Å². The molecule has 2 N–H and O–H groups in total. The van der Waals surface area contributed by atoms with Gasteiger partial charge in [-0.05, 0) is 31.4 Å². The van der Waals surface area contributed by atoms with E-state index >= 15 is 0 Å². The van der Waals surface area contributed by atoms with Crippen molar-refractivity contribution in [2.75, 3.05) is 19.6 Å². The third kappa shape index (κ3) is 4.93. The normalized spacial score (nSPS) is 17.1. The van der Waals surface area contributed by atoms with Gasteiger partial charge in [0.1, 0.15) is 6.54 Å². The topological polar surface area (TPSA) is 141 Å². The Balaban J connectivity index is 2.12. The predicted octanol–water partition coefficient (Wildman–Crippen LogP) is 1.23. The lowest BCUT2D eigenvalue weighted by Gasteiger charge is -2.28. The molecule has 1 fully saturated rings. The van der Waals surface area contributed by atoms with Crippen molar-refractivity contribution < 1.29 is 29.5 Å². The van der Waals surface area contributed by atoms with Crippen LogP contribution in [0.25, 0.3) is 0 Å². The molecule has 146 valence electrons. The van der Waals surface area contributed by atoms with Crippen LogP contribution in [0.2, 0.25) is 0 Å². The van der Waals surface area contributed by atoms with Gasteiger partial charge in [-0.15, -0.1) is 0 Å². The number of rotatable bonds is 5. The Hall–Kier alpha value is -3.17. The van der Waals surface area contributed by atoms with E-state index in [1.807, 2.05) is 0 Å². The summed E-state index contributed by atoms with van der Waals surface area (Å²) in [5.41, 5.74) is -0.454. The van der Waals surface area contributed by atoms with E-state index in [9.17, 15) is 29.6 Å². The highest BCUT2D eigenvalue weighted by Gasteiger charge is 2.28. The van der Waals surface area contributed by atoms with E-state index in [0.29, 0.717) is 32.4 Å². The first-order valence-electron chi connectivity index (χ1n) is 8.46. The molecule has 10 nitrogen and oxygen atoms in total. The summed E-state index contributed by atoms with van der Waals surface area (Å²) in [5, 5.41) is 29.4. The van der Waals surface area contributed by atoms with Gasteiger partial charge in [-0.1, -0.05) is 0 Å². The molecule has 0 aromatic heterocycles. The quantitative estimate of drug-likeness (QED) is 0.579. The number of nitro groups is 1. The molecule has 1 aliphatic rings. The highest BCUT2D eigenvalue weighted by Crippen LogP contribution is 2.27. The smallest absolute Gasteiger partial charge is 0.323 e. The summed E-state index contributed by atoms with van der Waals surface area (Å²) in [6.07, 6.45) is 1.55. The van der Waals surface area contributed by atoms with Crippen LogP contribution in [0.3, 0.4) is 0 Å². The number of aromatic hydroxyl groups is 1. The maximum Gasteiger partial charge on any atom is 0.323 e. The number of nitro benzene ring substituents is 1. The van der Waals surface area contributed by atoms with Crippen LogP contribution in [0.1, 0.15) is 36.5 Å². The van der Waals surface area contributed by atoms with E-state index < -0.39 is 34.8 Å². The van der Waals surface area contributed by atoms with Gasteiger partial charge in [-0.2, -0.15) is 0 Å². The molecule has 1 aromatic rings. The number of carboxylic acids is 1. The lowest BCUT2D eigenvalue weighted by atomic mass is 10.1. The number of nitrogens with zero attached hydrogens (tertiary/aromatic N) is 3. The minimum absolute atomic E-state index is 0.0897. The van der Waals surface area contributed by atoms with Gasteiger partial charge in [0.15, 0.2) is 5.75 Å². The summed E-state index contributed by atoms with van der Waals surface area (Å²) in [5.74, 6) is -2.36. The largest absolute Gasteiger partial charge is 0.502 e. The Morgan fingerprint density at radius 3 is 2.59 bits per heavy atom. The number of phenolic OH excluding ortho intramolecular Hbond substituents is 1. The van der Waals surface area contributed by atoms with Crippen molar-refractivity contribution in [2.45, 2.75) is 32.2 Å². The first-order valence-corrected chi connectivity index (χ1v) is 8.46. The number of aliphatic carboxylic acids is 1. The van der Waals surface area contributed by atoms with Gasteiger partial charge < -0.3 is 20.0 Å². The van der Waals surface area contributed by atoms with Crippen LogP contribution < -0.4 is 0 Å². The van der Waals surface area contributed by atoms with Gasteiger partial charge >= 0.3 is 11.7 Å². The van der Waals surface area contributed by atoms with Crippen LogP contribution in [0.5, 0.6) is 5.75 Å². The van der Waals surface area contributed by atoms with Crippen molar-refractivity contribution in [3.63, 3.8) is 0 Å². The van der Waals surface area contributed by atoms with Gasteiger partial charge in [0.25, 0.3) is 5.91 Å². The lowest BCUT2D eigenvalue weighted by molar-refractivity contribution is -0.385. The average Bonchev–Trinajstić information content (AvgIpc) is 2.84. The summed E-state index contributed by atoms with van der Waals surface area (Å²) in [7, 11) is 0. The van der Waals surface area contributed by atoms with Crippen molar-refractivity contribution in [1.29, 1.82) is 0 Å². The standard InChI is InChI=1S/C17H21N3O7/c1-11(21)19(10-16(23)24)13-3-2-7-18(8-6-13)17(25)12-4-5-15(22)14(9-12)20(26)27/h4-5,9,13,22H,2-3,6-8,10H2,1H3,(H,23,24). The zero-order chi connectivity index (χ0) is 20.1. The molecule has 0 saturated carbocycles. The molecule has 1 atom stereocenters. The Morgan fingerprint density at radius 1 is 1.30 bits per heavy atom. The first kappa shape index (κ1) is 20.1. The SMILES string of the molecule is CC(=O)N(CC(=O)O)C1CCCN(C(=O)c2ccc(O)c([N+](=O)[O-])c2)CC1. The first-order chi connectivity index (χ1) is 12.7. The number of hydrogen-bond donors (Lipinski definition) is 2.